The SMILES string of the molecule is CNCc1c(Cl)ccc(S(=O)(=O)NCCOC(C)C)c1Cl. The molecular weight excluding hydrogens is 335 g/mol. The molecule has 0 unspecified atom stereocenters. The van der Waals surface area contributed by atoms with Gasteiger partial charge in [0.25, 0.3) is 0 Å². The molecule has 2 N–H and O–H groups in total. The van der Waals surface area contributed by atoms with E-state index in [1.807, 2.05) is 13.8 Å². The van der Waals surface area contributed by atoms with E-state index in [1.165, 1.54) is 12.1 Å². The molecule has 0 fully saturated rings. The molecule has 120 valence electrons. The summed E-state index contributed by atoms with van der Waals surface area (Å²) in [6.45, 7) is 4.63. The first kappa shape index (κ1) is 18.7. The number of hydrogen-bond acceptors (Lipinski definition) is 4. The fourth-order valence-corrected chi connectivity index (χ4v) is 3.59. The fraction of sp³-hybridized carbons (Fsp3) is 0.538. The summed E-state index contributed by atoms with van der Waals surface area (Å²) in [5, 5.41) is 3.47. The minimum Gasteiger partial charge on any atom is -0.377 e. The maximum absolute atomic E-state index is 12.3. The molecule has 21 heavy (non-hydrogen) atoms. The van der Waals surface area contributed by atoms with Crippen molar-refractivity contribution in [3.63, 3.8) is 0 Å². The van der Waals surface area contributed by atoms with Gasteiger partial charge in [-0.3, -0.25) is 0 Å². The number of hydrogen-bond donors (Lipinski definition) is 2. The number of sulfonamides is 1. The van der Waals surface area contributed by atoms with E-state index in [0.717, 1.165) is 0 Å². The summed E-state index contributed by atoms with van der Waals surface area (Å²) in [4.78, 5) is 0.0170. The molecule has 0 aliphatic rings. The zero-order chi connectivity index (χ0) is 16.0. The summed E-state index contributed by atoms with van der Waals surface area (Å²) in [6.07, 6.45) is 0.0517. The van der Waals surface area contributed by atoms with Crippen LogP contribution in [0.25, 0.3) is 0 Å². The topological polar surface area (TPSA) is 67.4 Å². The zero-order valence-electron chi connectivity index (χ0n) is 12.2. The van der Waals surface area contributed by atoms with E-state index in [2.05, 4.69) is 10.0 Å². The molecule has 0 aromatic heterocycles. The number of halogens is 2. The van der Waals surface area contributed by atoms with Crippen LogP contribution in [0.4, 0.5) is 0 Å². The van der Waals surface area contributed by atoms with Crippen LogP contribution in [0.3, 0.4) is 0 Å². The Morgan fingerprint density at radius 2 is 1.95 bits per heavy atom. The Morgan fingerprint density at radius 1 is 1.29 bits per heavy atom. The van der Waals surface area contributed by atoms with Gasteiger partial charge in [0.05, 0.1) is 17.7 Å². The Balaban J connectivity index is 2.90. The number of benzene rings is 1. The molecule has 1 rings (SSSR count). The van der Waals surface area contributed by atoms with E-state index in [9.17, 15) is 8.42 Å². The van der Waals surface area contributed by atoms with Crippen LogP contribution in [-0.2, 0) is 21.3 Å². The number of rotatable bonds is 8. The predicted octanol–water partition coefficient (Wildman–Crippen LogP) is 2.42. The van der Waals surface area contributed by atoms with Gasteiger partial charge in [0, 0.05) is 23.7 Å². The largest absolute Gasteiger partial charge is 0.377 e. The summed E-state index contributed by atoms with van der Waals surface area (Å²) in [5.41, 5.74) is 0.558. The van der Waals surface area contributed by atoms with Gasteiger partial charge in [-0.2, -0.15) is 0 Å². The van der Waals surface area contributed by atoms with Gasteiger partial charge in [-0.15, -0.1) is 0 Å². The van der Waals surface area contributed by atoms with Gasteiger partial charge in [-0.1, -0.05) is 23.2 Å². The molecule has 1 aromatic carbocycles. The van der Waals surface area contributed by atoms with E-state index in [4.69, 9.17) is 27.9 Å². The van der Waals surface area contributed by atoms with Gasteiger partial charge in [0.1, 0.15) is 4.90 Å². The molecule has 0 atom stereocenters. The Labute approximate surface area is 136 Å². The lowest BCUT2D eigenvalue weighted by Gasteiger charge is -2.13. The van der Waals surface area contributed by atoms with Crippen LogP contribution >= 0.6 is 23.2 Å². The molecule has 1 aromatic rings. The van der Waals surface area contributed by atoms with Crippen LogP contribution in [0.2, 0.25) is 10.0 Å². The molecule has 0 aliphatic heterocycles. The standard InChI is InChI=1S/C13H20Cl2N2O3S/c1-9(2)20-7-6-17-21(18,19)12-5-4-11(14)10(8-16-3)13(12)15/h4-5,9,16-17H,6-8H2,1-3H3. The average Bonchev–Trinajstić information content (AvgIpc) is 2.39. The van der Waals surface area contributed by atoms with E-state index >= 15 is 0 Å². The lowest BCUT2D eigenvalue weighted by Crippen LogP contribution is -2.28. The van der Waals surface area contributed by atoms with Crippen molar-refractivity contribution in [1.82, 2.24) is 10.0 Å². The molecular formula is C13H20Cl2N2O3S. The minimum absolute atomic E-state index is 0.0170. The van der Waals surface area contributed by atoms with E-state index in [0.29, 0.717) is 23.7 Å². The van der Waals surface area contributed by atoms with Gasteiger partial charge < -0.3 is 10.1 Å². The summed E-state index contributed by atoms with van der Waals surface area (Å²) in [7, 11) is -1.96. The molecule has 0 heterocycles. The quantitative estimate of drug-likeness (QED) is 0.703. The molecule has 8 heteroatoms. The second kappa shape index (κ2) is 8.31. The first-order chi connectivity index (χ1) is 9.79. The second-order valence-electron chi connectivity index (χ2n) is 4.69. The first-order valence-electron chi connectivity index (χ1n) is 6.52. The van der Waals surface area contributed by atoms with Gasteiger partial charge in [-0.05, 0) is 33.0 Å². The summed E-state index contributed by atoms with van der Waals surface area (Å²) in [5.74, 6) is 0. The van der Waals surface area contributed by atoms with Crippen molar-refractivity contribution < 1.29 is 13.2 Å². The third-order valence-corrected chi connectivity index (χ3v) is 5.04. The maximum Gasteiger partial charge on any atom is 0.242 e. The summed E-state index contributed by atoms with van der Waals surface area (Å²) < 4.78 is 32.3. The third-order valence-electron chi connectivity index (χ3n) is 2.64. The van der Waals surface area contributed by atoms with Crippen LogP contribution < -0.4 is 10.0 Å². The van der Waals surface area contributed by atoms with E-state index in [1.54, 1.807) is 7.05 Å². The van der Waals surface area contributed by atoms with Crippen molar-refractivity contribution in [3.05, 3.63) is 27.7 Å². The monoisotopic (exact) mass is 354 g/mol. The first-order valence-corrected chi connectivity index (χ1v) is 8.76. The van der Waals surface area contributed by atoms with Crippen molar-refractivity contribution in [1.29, 1.82) is 0 Å². The third kappa shape index (κ3) is 5.39. The van der Waals surface area contributed by atoms with Crippen molar-refractivity contribution in [2.24, 2.45) is 0 Å². The molecule has 0 saturated carbocycles. The lowest BCUT2D eigenvalue weighted by atomic mass is 10.2. The average molecular weight is 355 g/mol. The van der Waals surface area contributed by atoms with Crippen molar-refractivity contribution in [2.45, 2.75) is 31.4 Å². The van der Waals surface area contributed by atoms with E-state index < -0.39 is 10.0 Å². The van der Waals surface area contributed by atoms with Crippen LogP contribution in [0.1, 0.15) is 19.4 Å². The zero-order valence-corrected chi connectivity index (χ0v) is 14.6. The normalized spacial score (nSPS) is 12.1. The Kier molecular flexibility index (Phi) is 7.39. The van der Waals surface area contributed by atoms with Crippen LogP contribution in [0.5, 0.6) is 0 Å². The number of ether oxygens (including phenoxy) is 1. The molecule has 0 saturated heterocycles. The smallest absolute Gasteiger partial charge is 0.242 e. The van der Waals surface area contributed by atoms with E-state index in [-0.39, 0.29) is 22.6 Å². The highest BCUT2D eigenvalue weighted by Gasteiger charge is 2.21. The lowest BCUT2D eigenvalue weighted by molar-refractivity contribution is 0.0834. The minimum atomic E-state index is -3.69. The molecule has 0 amide bonds. The summed E-state index contributed by atoms with van der Waals surface area (Å²) >= 11 is 12.2. The van der Waals surface area contributed by atoms with Crippen molar-refractivity contribution in [2.75, 3.05) is 20.2 Å². The maximum atomic E-state index is 12.3. The Morgan fingerprint density at radius 3 is 2.52 bits per heavy atom. The van der Waals surface area contributed by atoms with Crippen molar-refractivity contribution >= 4 is 33.2 Å². The van der Waals surface area contributed by atoms with Crippen LogP contribution in [0.15, 0.2) is 17.0 Å². The molecule has 0 radical (unpaired) electrons. The van der Waals surface area contributed by atoms with Gasteiger partial charge >= 0.3 is 0 Å². The van der Waals surface area contributed by atoms with Crippen LogP contribution in [0, 0.1) is 0 Å². The van der Waals surface area contributed by atoms with Gasteiger partial charge in [0.15, 0.2) is 0 Å². The second-order valence-corrected chi connectivity index (χ2v) is 7.21. The predicted molar refractivity (Wildman–Crippen MR) is 85.5 cm³/mol. The van der Waals surface area contributed by atoms with Gasteiger partial charge in [-0.25, -0.2) is 13.1 Å². The molecule has 0 aliphatic carbocycles. The Hall–Kier alpha value is -0.370. The summed E-state index contributed by atoms with van der Waals surface area (Å²) in [6, 6.07) is 2.93. The highest BCUT2D eigenvalue weighted by atomic mass is 35.5. The highest BCUT2D eigenvalue weighted by Crippen LogP contribution is 2.30. The van der Waals surface area contributed by atoms with Gasteiger partial charge in [0.2, 0.25) is 10.0 Å². The molecule has 5 nitrogen and oxygen atoms in total. The highest BCUT2D eigenvalue weighted by molar-refractivity contribution is 7.89. The Bertz CT molecular complexity index is 577. The molecule has 0 spiro atoms. The van der Waals surface area contributed by atoms with Crippen molar-refractivity contribution in [3.8, 4) is 0 Å². The number of nitrogens with one attached hydrogen (secondary N) is 2. The van der Waals surface area contributed by atoms with Crippen LogP contribution in [-0.4, -0.2) is 34.7 Å². The molecule has 0 bridgehead atoms. The fourth-order valence-electron chi connectivity index (χ4n) is 1.67.